The molecule has 0 bridgehead atoms. The zero-order chi connectivity index (χ0) is 14.9. The molecule has 0 spiro atoms. The Labute approximate surface area is 118 Å². The Hall–Kier alpha value is -1.59. The molecule has 6 nitrogen and oxygen atoms in total. The van der Waals surface area contributed by atoms with Crippen molar-refractivity contribution in [3.8, 4) is 0 Å². The molecule has 0 N–H and O–H groups in total. The van der Waals surface area contributed by atoms with E-state index in [1.807, 2.05) is 25.7 Å². The highest BCUT2D eigenvalue weighted by Crippen LogP contribution is 2.20. The van der Waals surface area contributed by atoms with Crippen LogP contribution in [0.25, 0.3) is 0 Å². The average molecular weight is 281 g/mol. The summed E-state index contributed by atoms with van der Waals surface area (Å²) in [5.74, 6) is -0.0820. The first-order valence-electron chi connectivity index (χ1n) is 7.17. The number of amides is 1. The molecule has 1 aliphatic heterocycles. The van der Waals surface area contributed by atoms with E-state index in [4.69, 9.17) is 4.52 Å². The van der Waals surface area contributed by atoms with E-state index in [1.54, 1.807) is 0 Å². The molecule has 2 heterocycles. The van der Waals surface area contributed by atoms with E-state index >= 15 is 0 Å². The molecule has 1 aromatic rings. The first-order chi connectivity index (χ1) is 9.30. The number of piperidine rings is 1. The van der Waals surface area contributed by atoms with Gasteiger partial charge in [-0.3, -0.25) is 13.9 Å². The Balaban J connectivity index is 2.20. The van der Waals surface area contributed by atoms with Crippen molar-refractivity contribution in [3.63, 3.8) is 0 Å². The summed E-state index contributed by atoms with van der Waals surface area (Å²) in [5.41, 5.74) is -0.333. The summed E-state index contributed by atoms with van der Waals surface area (Å²) in [6, 6.07) is 0.241. The van der Waals surface area contributed by atoms with Gasteiger partial charge in [0.1, 0.15) is 6.54 Å². The molecule has 20 heavy (non-hydrogen) atoms. The molecule has 1 unspecified atom stereocenters. The molecule has 0 radical (unpaired) electrons. The molecule has 1 aliphatic rings. The highest BCUT2D eigenvalue weighted by molar-refractivity contribution is 5.76. The minimum atomic E-state index is -0.562. The minimum Gasteiger partial charge on any atom is -0.338 e. The number of likely N-dealkylation sites (tertiary alicyclic amines) is 1. The number of hydrogen-bond donors (Lipinski definition) is 0. The monoisotopic (exact) mass is 281 g/mol. The van der Waals surface area contributed by atoms with E-state index in [0.29, 0.717) is 5.82 Å². The van der Waals surface area contributed by atoms with Gasteiger partial charge in [-0.05, 0) is 26.2 Å². The van der Waals surface area contributed by atoms with Crippen LogP contribution in [0, 0.1) is 0 Å². The van der Waals surface area contributed by atoms with Gasteiger partial charge in [0.15, 0.2) is 5.82 Å². The number of nitrogens with zero attached hydrogens (tertiary/aromatic N) is 3. The smallest absolute Gasteiger partial charge is 0.338 e. The third kappa shape index (κ3) is 2.94. The number of hydrogen-bond acceptors (Lipinski definition) is 4. The maximum Gasteiger partial charge on any atom is 0.442 e. The van der Waals surface area contributed by atoms with Gasteiger partial charge < -0.3 is 4.90 Å². The Morgan fingerprint density at radius 1 is 1.40 bits per heavy atom. The maximum absolute atomic E-state index is 12.4. The summed E-state index contributed by atoms with van der Waals surface area (Å²) >= 11 is 0. The van der Waals surface area contributed by atoms with E-state index < -0.39 is 5.76 Å². The molecule has 1 atom stereocenters. The zero-order valence-corrected chi connectivity index (χ0v) is 12.7. The number of aromatic nitrogens is 2. The van der Waals surface area contributed by atoms with Gasteiger partial charge in [0.05, 0.1) is 0 Å². The summed E-state index contributed by atoms with van der Waals surface area (Å²) in [6.07, 6.45) is 3.21. The van der Waals surface area contributed by atoms with Crippen molar-refractivity contribution < 1.29 is 9.32 Å². The van der Waals surface area contributed by atoms with Crippen LogP contribution in [0.1, 0.15) is 52.8 Å². The number of carbonyl (C=O) groups is 1. The SMILES string of the molecule is CC1CCCCN1C(=O)Cn1c(C(C)(C)C)noc1=O. The van der Waals surface area contributed by atoms with Crippen LogP contribution in [0.4, 0.5) is 0 Å². The molecule has 1 amide bonds. The Morgan fingerprint density at radius 2 is 2.10 bits per heavy atom. The highest BCUT2D eigenvalue weighted by atomic mass is 16.5. The van der Waals surface area contributed by atoms with Crippen LogP contribution in [-0.4, -0.2) is 33.1 Å². The van der Waals surface area contributed by atoms with E-state index in [-0.39, 0.29) is 23.9 Å². The molecular formula is C14H23N3O3. The van der Waals surface area contributed by atoms with E-state index in [2.05, 4.69) is 12.1 Å². The summed E-state index contributed by atoms with van der Waals surface area (Å²) < 4.78 is 6.07. The molecule has 0 saturated carbocycles. The molecule has 1 saturated heterocycles. The van der Waals surface area contributed by atoms with Gasteiger partial charge in [0.25, 0.3) is 0 Å². The van der Waals surface area contributed by atoms with Crippen LogP contribution in [0.5, 0.6) is 0 Å². The Morgan fingerprint density at radius 3 is 2.70 bits per heavy atom. The Kier molecular flexibility index (Phi) is 4.01. The van der Waals surface area contributed by atoms with Crippen LogP contribution in [0.2, 0.25) is 0 Å². The van der Waals surface area contributed by atoms with Crippen LogP contribution >= 0.6 is 0 Å². The summed E-state index contributed by atoms with van der Waals surface area (Å²) in [5, 5.41) is 3.81. The van der Waals surface area contributed by atoms with Crippen LogP contribution in [0.3, 0.4) is 0 Å². The standard InChI is InChI=1S/C14H23N3O3/c1-10-7-5-6-8-16(10)11(18)9-17-12(14(2,3)4)15-20-13(17)19/h10H,5-9H2,1-4H3. The molecule has 1 aromatic heterocycles. The molecule has 6 heteroatoms. The van der Waals surface area contributed by atoms with E-state index in [1.165, 1.54) is 4.57 Å². The van der Waals surface area contributed by atoms with E-state index in [0.717, 1.165) is 25.8 Å². The van der Waals surface area contributed by atoms with Crippen molar-refractivity contribution >= 4 is 5.91 Å². The summed E-state index contributed by atoms with van der Waals surface area (Å²) in [6.45, 7) is 8.65. The van der Waals surface area contributed by atoms with Crippen LogP contribution in [-0.2, 0) is 16.8 Å². The lowest BCUT2D eigenvalue weighted by Crippen LogP contribution is -2.45. The first-order valence-corrected chi connectivity index (χ1v) is 7.17. The lowest BCUT2D eigenvalue weighted by Gasteiger charge is -2.33. The highest BCUT2D eigenvalue weighted by Gasteiger charge is 2.28. The van der Waals surface area contributed by atoms with Crippen LogP contribution in [0.15, 0.2) is 9.32 Å². The molecule has 1 fully saturated rings. The van der Waals surface area contributed by atoms with E-state index in [9.17, 15) is 9.59 Å². The maximum atomic E-state index is 12.4. The second kappa shape index (κ2) is 5.42. The van der Waals surface area contributed by atoms with Gasteiger partial charge in [-0.1, -0.05) is 25.9 Å². The van der Waals surface area contributed by atoms with Crippen molar-refractivity contribution in [2.45, 2.75) is 65.0 Å². The molecule has 0 aliphatic carbocycles. The van der Waals surface area contributed by atoms with Gasteiger partial charge in [-0.15, -0.1) is 0 Å². The summed E-state index contributed by atoms with van der Waals surface area (Å²) in [7, 11) is 0. The third-order valence-corrected chi connectivity index (χ3v) is 3.77. The largest absolute Gasteiger partial charge is 0.442 e. The number of rotatable bonds is 2. The quantitative estimate of drug-likeness (QED) is 0.824. The normalized spacial score (nSPS) is 20.2. The van der Waals surface area contributed by atoms with Crippen LogP contribution < -0.4 is 5.76 Å². The van der Waals surface area contributed by atoms with Gasteiger partial charge in [-0.25, -0.2) is 4.79 Å². The van der Waals surface area contributed by atoms with Gasteiger partial charge in [0.2, 0.25) is 5.91 Å². The molecule has 2 rings (SSSR count). The van der Waals surface area contributed by atoms with Crippen molar-refractivity contribution in [2.75, 3.05) is 6.54 Å². The molecular weight excluding hydrogens is 258 g/mol. The predicted octanol–water partition coefficient (Wildman–Crippen LogP) is 1.53. The second-order valence-corrected chi connectivity index (χ2v) is 6.54. The fourth-order valence-corrected chi connectivity index (χ4v) is 2.64. The zero-order valence-electron chi connectivity index (χ0n) is 12.7. The lowest BCUT2D eigenvalue weighted by molar-refractivity contribution is -0.135. The first kappa shape index (κ1) is 14.8. The number of carbonyl (C=O) groups excluding carboxylic acids is 1. The van der Waals surface area contributed by atoms with Gasteiger partial charge >= 0.3 is 5.76 Å². The van der Waals surface area contributed by atoms with Gasteiger partial charge in [-0.2, -0.15) is 0 Å². The van der Waals surface area contributed by atoms with Gasteiger partial charge in [0, 0.05) is 18.0 Å². The van der Waals surface area contributed by atoms with Crippen molar-refractivity contribution in [1.29, 1.82) is 0 Å². The average Bonchev–Trinajstić information content (AvgIpc) is 2.71. The molecule has 0 aromatic carbocycles. The second-order valence-electron chi connectivity index (χ2n) is 6.54. The van der Waals surface area contributed by atoms with Crippen molar-refractivity contribution in [3.05, 3.63) is 16.4 Å². The fraction of sp³-hybridized carbons (Fsp3) is 0.786. The van der Waals surface area contributed by atoms with Crippen molar-refractivity contribution in [1.82, 2.24) is 14.6 Å². The fourth-order valence-electron chi connectivity index (χ4n) is 2.64. The predicted molar refractivity (Wildman–Crippen MR) is 74.5 cm³/mol. The Bertz CT molecular complexity index is 539. The lowest BCUT2D eigenvalue weighted by atomic mass is 9.95. The summed E-state index contributed by atoms with van der Waals surface area (Å²) in [4.78, 5) is 26.0. The third-order valence-electron chi connectivity index (χ3n) is 3.77. The molecule has 112 valence electrons. The minimum absolute atomic E-state index is 0.0132. The van der Waals surface area contributed by atoms with Crippen molar-refractivity contribution in [2.24, 2.45) is 0 Å². The topological polar surface area (TPSA) is 68.3 Å².